The lowest BCUT2D eigenvalue weighted by Crippen LogP contribution is -2.31. The summed E-state index contributed by atoms with van der Waals surface area (Å²) in [5, 5.41) is 2.58. The van der Waals surface area contributed by atoms with Crippen LogP contribution in [0.4, 0.5) is 10.1 Å². The molecule has 0 unspecified atom stereocenters. The Bertz CT molecular complexity index is 912. The van der Waals surface area contributed by atoms with Gasteiger partial charge in [-0.05, 0) is 37.3 Å². The largest absolute Gasteiger partial charge is 0.492 e. The van der Waals surface area contributed by atoms with Crippen molar-refractivity contribution in [1.29, 1.82) is 0 Å². The molecule has 0 aliphatic heterocycles. The first-order valence-electron chi connectivity index (χ1n) is 8.68. The van der Waals surface area contributed by atoms with E-state index < -0.39 is 21.7 Å². The Kier molecular flexibility index (Phi) is 6.92. The fourth-order valence-corrected chi connectivity index (χ4v) is 4.08. The molecule has 0 spiro atoms. The third-order valence-electron chi connectivity index (χ3n) is 3.96. The topological polar surface area (TPSA) is 75.7 Å². The third-order valence-corrected chi connectivity index (χ3v) is 6.01. The number of sulfonamides is 1. The van der Waals surface area contributed by atoms with Crippen LogP contribution in [0, 0.1) is 5.82 Å². The van der Waals surface area contributed by atoms with Crippen LogP contribution in [0.5, 0.6) is 5.75 Å². The molecule has 8 heteroatoms. The van der Waals surface area contributed by atoms with Crippen molar-refractivity contribution in [2.75, 3.05) is 25.0 Å². The first-order chi connectivity index (χ1) is 12.8. The van der Waals surface area contributed by atoms with Crippen LogP contribution < -0.4 is 10.1 Å². The maximum absolute atomic E-state index is 14.2. The monoisotopic (exact) mass is 394 g/mol. The number of nitrogens with one attached hydrogen (secondary N) is 1. The minimum atomic E-state index is -3.80. The van der Waals surface area contributed by atoms with E-state index in [2.05, 4.69) is 5.32 Å². The van der Waals surface area contributed by atoms with E-state index in [4.69, 9.17) is 4.74 Å². The second kappa shape index (κ2) is 8.96. The molecule has 2 aromatic rings. The predicted molar refractivity (Wildman–Crippen MR) is 102 cm³/mol. The van der Waals surface area contributed by atoms with E-state index in [9.17, 15) is 17.6 Å². The SMILES string of the molecule is CCOc1ccccc1NC(=O)c1cc(S(=O)(=O)N(CC)CC)ccc1F. The number of benzene rings is 2. The van der Waals surface area contributed by atoms with Crippen LogP contribution >= 0.6 is 0 Å². The van der Waals surface area contributed by atoms with Gasteiger partial charge in [-0.1, -0.05) is 26.0 Å². The fourth-order valence-electron chi connectivity index (χ4n) is 2.59. The number of carbonyl (C=O) groups excluding carboxylic acids is 1. The Labute approximate surface area is 159 Å². The van der Waals surface area contributed by atoms with Gasteiger partial charge < -0.3 is 10.1 Å². The van der Waals surface area contributed by atoms with Crippen molar-refractivity contribution in [2.24, 2.45) is 0 Å². The zero-order chi connectivity index (χ0) is 20.0. The fraction of sp³-hybridized carbons (Fsp3) is 0.316. The Hall–Kier alpha value is -2.45. The normalized spacial score (nSPS) is 11.4. The van der Waals surface area contributed by atoms with Gasteiger partial charge in [-0.3, -0.25) is 4.79 Å². The standard InChI is InChI=1S/C19H23FN2O4S/c1-4-22(5-2)27(24,25)14-11-12-16(20)15(13-14)19(23)21-17-9-7-8-10-18(17)26-6-3/h7-13H,4-6H2,1-3H3,(H,21,23). The second-order valence-corrected chi connectivity index (χ2v) is 7.55. The maximum Gasteiger partial charge on any atom is 0.258 e. The Morgan fingerprint density at radius 3 is 2.41 bits per heavy atom. The highest BCUT2D eigenvalue weighted by Crippen LogP contribution is 2.25. The van der Waals surface area contributed by atoms with E-state index in [-0.39, 0.29) is 23.5 Å². The van der Waals surface area contributed by atoms with E-state index >= 15 is 0 Å². The van der Waals surface area contributed by atoms with Crippen molar-refractivity contribution in [3.8, 4) is 5.75 Å². The molecule has 0 saturated heterocycles. The van der Waals surface area contributed by atoms with E-state index in [1.54, 1.807) is 45.0 Å². The van der Waals surface area contributed by atoms with Crippen molar-refractivity contribution in [1.82, 2.24) is 4.31 Å². The maximum atomic E-state index is 14.2. The molecule has 146 valence electrons. The average molecular weight is 394 g/mol. The van der Waals surface area contributed by atoms with Gasteiger partial charge in [0.2, 0.25) is 10.0 Å². The summed E-state index contributed by atoms with van der Waals surface area (Å²) in [4.78, 5) is 12.4. The summed E-state index contributed by atoms with van der Waals surface area (Å²) in [6, 6.07) is 9.96. The van der Waals surface area contributed by atoms with Gasteiger partial charge in [0.1, 0.15) is 11.6 Å². The van der Waals surface area contributed by atoms with Crippen LogP contribution in [0.15, 0.2) is 47.4 Å². The van der Waals surface area contributed by atoms with Crippen LogP contribution in [0.1, 0.15) is 31.1 Å². The number of amides is 1. The van der Waals surface area contributed by atoms with Crippen LogP contribution in [0.3, 0.4) is 0 Å². The van der Waals surface area contributed by atoms with Crippen molar-refractivity contribution in [2.45, 2.75) is 25.7 Å². The summed E-state index contributed by atoms with van der Waals surface area (Å²) in [5.41, 5.74) is 0.0234. The van der Waals surface area contributed by atoms with Crippen molar-refractivity contribution >= 4 is 21.6 Å². The van der Waals surface area contributed by atoms with E-state index in [0.29, 0.717) is 18.0 Å². The highest BCUT2D eigenvalue weighted by atomic mass is 32.2. The van der Waals surface area contributed by atoms with E-state index in [1.165, 1.54) is 4.31 Å². The summed E-state index contributed by atoms with van der Waals surface area (Å²) in [6.45, 7) is 6.18. The predicted octanol–water partition coefficient (Wildman–Crippen LogP) is 3.51. The van der Waals surface area contributed by atoms with Gasteiger partial charge in [-0.25, -0.2) is 12.8 Å². The molecule has 1 amide bonds. The molecule has 0 bridgehead atoms. The number of hydrogen-bond acceptors (Lipinski definition) is 4. The number of hydrogen-bond donors (Lipinski definition) is 1. The van der Waals surface area contributed by atoms with Crippen LogP contribution in [-0.2, 0) is 10.0 Å². The zero-order valence-electron chi connectivity index (χ0n) is 15.5. The minimum absolute atomic E-state index is 0.129. The lowest BCUT2D eigenvalue weighted by molar-refractivity contribution is 0.102. The Morgan fingerprint density at radius 1 is 1.11 bits per heavy atom. The molecule has 0 radical (unpaired) electrons. The van der Waals surface area contributed by atoms with E-state index in [0.717, 1.165) is 18.2 Å². The van der Waals surface area contributed by atoms with E-state index in [1.807, 2.05) is 0 Å². The van der Waals surface area contributed by atoms with Gasteiger partial charge in [0.05, 0.1) is 22.8 Å². The Balaban J connectivity index is 2.38. The average Bonchev–Trinajstić information content (AvgIpc) is 2.64. The molecular weight excluding hydrogens is 371 g/mol. The quantitative estimate of drug-likeness (QED) is 0.743. The smallest absolute Gasteiger partial charge is 0.258 e. The lowest BCUT2D eigenvalue weighted by atomic mass is 10.2. The number of carbonyl (C=O) groups is 1. The molecule has 1 N–H and O–H groups in total. The van der Waals surface area contributed by atoms with Crippen molar-refractivity contribution in [3.63, 3.8) is 0 Å². The molecule has 0 saturated carbocycles. The number of rotatable bonds is 8. The van der Waals surface area contributed by atoms with Crippen LogP contribution in [-0.4, -0.2) is 38.3 Å². The lowest BCUT2D eigenvalue weighted by Gasteiger charge is -2.19. The minimum Gasteiger partial charge on any atom is -0.492 e. The second-order valence-electron chi connectivity index (χ2n) is 5.61. The highest BCUT2D eigenvalue weighted by Gasteiger charge is 2.24. The molecule has 27 heavy (non-hydrogen) atoms. The first kappa shape index (κ1) is 20.9. The molecule has 0 aliphatic rings. The molecule has 0 heterocycles. The van der Waals surface area contributed by atoms with Gasteiger partial charge in [-0.15, -0.1) is 0 Å². The summed E-state index contributed by atoms with van der Waals surface area (Å²) >= 11 is 0. The van der Waals surface area contributed by atoms with Gasteiger partial charge in [0.25, 0.3) is 5.91 Å². The summed E-state index contributed by atoms with van der Waals surface area (Å²) in [6.07, 6.45) is 0. The molecule has 0 aromatic heterocycles. The Morgan fingerprint density at radius 2 is 1.78 bits per heavy atom. The first-order valence-corrected chi connectivity index (χ1v) is 10.1. The third kappa shape index (κ3) is 4.64. The van der Waals surface area contributed by atoms with Gasteiger partial charge in [0.15, 0.2) is 0 Å². The van der Waals surface area contributed by atoms with Crippen LogP contribution in [0.2, 0.25) is 0 Å². The van der Waals surface area contributed by atoms with Gasteiger partial charge in [0, 0.05) is 13.1 Å². The van der Waals surface area contributed by atoms with Crippen molar-refractivity contribution in [3.05, 3.63) is 53.8 Å². The number of ether oxygens (including phenoxy) is 1. The van der Waals surface area contributed by atoms with Gasteiger partial charge >= 0.3 is 0 Å². The number of halogens is 1. The summed E-state index contributed by atoms with van der Waals surface area (Å²) in [7, 11) is -3.80. The summed E-state index contributed by atoms with van der Waals surface area (Å²) in [5.74, 6) is -1.11. The molecular formula is C19H23FN2O4S. The number of anilines is 1. The number of nitrogens with zero attached hydrogens (tertiary/aromatic N) is 1. The number of para-hydroxylation sites is 2. The van der Waals surface area contributed by atoms with Crippen molar-refractivity contribution < 1.29 is 22.3 Å². The van der Waals surface area contributed by atoms with Gasteiger partial charge in [-0.2, -0.15) is 4.31 Å². The molecule has 2 aromatic carbocycles. The molecule has 0 atom stereocenters. The molecule has 6 nitrogen and oxygen atoms in total. The zero-order valence-corrected chi connectivity index (χ0v) is 16.3. The molecule has 0 aliphatic carbocycles. The highest BCUT2D eigenvalue weighted by molar-refractivity contribution is 7.89. The van der Waals surface area contributed by atoms with Crippen LogP contribution in [0.25, 0.3) is 0 Å². The molecule has 2 rings (SSSR count). The summed E-state index contributed by atoms with van der Waals surface area (Å²) < 4.78 is 46.2. The molecule has 0 fully saturated rings.